The summed E-state index contributed by atoms with van der Waals surface area (Å²) < 4.78 is 6.35. The molecular weight excluding hydrogens is 432 g/mol. The molecule has 0 aromatic heterocycles. The van der Waals surface area contributed by atoms with Crippen LogP contribution in [0.3, 0.4) is 0 Å². The second-order valence-corrected chi connectivity index (χ2v) is 7.73. The topological polar surface area (TPSA) is 49.9 Å². The molecule has 1 heterocycles. The van der Waals surface area contributed by atoms with E-state index in [0.717, 1.165) is 35.4 Å². The van der Waals surface area contributed by atoms with E-state index in [-0.39, 0.29) is 12.5 Å². The molecule has 0 N–H and O–H groups in total. The fourth-order valence-corrected chi connectivity index (χ4v) is 3.61. The maximum absolute atomic E-state index is 12.4. The highest BCUT2D eigenvalue weighted by Crippen LogP contribution is 2.22. The highest BCUT2D eigenvalue weighted by Gasteiger charge is 2.21. The molecule has 1 saturated heterocycles. The smallest absolute Gasteiger partial charge is 0.260 e. The molecule has 2 aromatic rings. The second kappa shape index (κ2) is 9.35. The largest absolute Gasteiger partial charge is 0.483 e. The van der Waals surface area contributed by atoms with Gasteiger partial charge in [0.25, 0.3) is 5.91 Å². The number of rotatable bonds is 6. The zero-order chi connectivity index (χ0) is 19.2. The predicted octanol–water partition coefficient (Wildman–Crippen LogP) is 3.64. The van der Waals surface area contributed by atoms with E-state index < -0.39 is 0 Å². The Morgan fingerprint density at radius 2 is 1.93 bits per heavy atom. The minimum absolute atomic E-state index is 0.0721. The van der Waals surface area contributed by atoms with Gasteiger partial charge in [-0.05, 0) is 35.9 Å². The molecule has 0 unspecified atom stereocenters. The summed E-state index contributed by atoms with van der Waals surface area (Å²) in [5, 5.41) is 0.737. The Morgan fingerprint density at radius 3 is 2.63 bits per heavy atom. The Labute approximate surface area is 172 Å². The standard InChI is InChI=1S/C20H20BrClN2O3/c21-17-4-5-19(16(11-17)13-25)27-14-20(26)24-8-6-23(7-9-24)12-15-2-1-3-18(22)10-15/h1-5,10-11,13H,6-9,12,14H2. The molecule has 1 amide bonds. The van der Waals surface area contributed by atoms with Crippen LogP contribution in [-0.4, -0.2) is 54.8 Å². The van der Waals surface area contributed by atoms with Crippen LogP contribution in [0.15, 0.2) is 46.9 Å². The second-order valence-electron chi connectivity index (χ2n) is 6.38. The minimum Gasteiger partial charge on any atom is -0.483 e. The predicted molar refractivity (Wildman–Crippen MR) is 108 cm³/mol. The lowest BCUT2D eigenvalue weighted by molar-refractivity contribution is -0.135. The van der Waals surface area contributed by atoms with Crippen LogP contribution in [0.4, 0.5) is 0 Å². The molecule has 142 valence electrons. The summed E-state index contributed by atoms with van der Waals surface area (Å²) >= 11 is 9.34. The van der Waals surface area contributed by atoms with E-state index in [1.165, 1.54) is 5.56 Å². The fraction of sp³-hybridized carbons (Fsp3) is 0.300. The molecule has 0 radical (unpaired) electrons. The third-order valence-corrected chi connectivity index (χ3v) is 5.20. The average Bonchev–Trinajstić information content (AvgIpc) is 2.67. The molecule has 2 aromatic carbocycles. The van der Waals surface area contributed by atoms with Gasteiger partial charge in [0.1, 0.15) is 5.75 Å². The van der Waals surface area contributed by atoms with Crippen LogP contribution in [0.1, 0.15) is 15.9 Å². The number of aldehydes is 1. The van der Waals surface area contributed by atoms with Crippen LogP contribution in [0.2, 0.25) is 5.02 Å². The fourth-order valence-electron chi connectivity index (χ4n) is 3.02. The molecule has 0 spiro atoms. The van der Waals surface area contributed by atoms with Gasteiger partial charge in [0.05, 0.1) is 5.56 Å². The summed E-state index contributed by atoms with van der Waals surface area (Å²) in [5.41, 5.74) is 1.59. The highest BCUT2D eigenvalue weighted by atomic mass is 79.9. The van der Waals surface area contributed by atoms with Crippen molar-refractivity contribution >= 4 is 39.7 Å². The molecule has 5 nitrogen and oxygen atoms in total. The van der Waals surface area contributed by atoms with Gasteiger partial charge in [0.2, 0.25) is 0 Å². The number of halogens is 2. The highest BCUT2D eigenvalue weighted by molar-refractivity contribution is 9.10. The van der Waals surface area contributed by atoms with Gasteiger partial charge in [-0.25, -0.2) is 0 Å². The van der Waals surface area contributed by atoms with Crippen molar-refractivity contribution < 1.29 is 14.3 Å². The van der Waals surface area contributed by atoms with Crippen LogP contribution in [0.5, 0.6) is 5.75 Å². The van der Waals surface area contributed by atoms with E-state index in [9.17, 15) is 9.59 Å². The summed E-state index contributed by atoms with van der Waals surface area (Å²) in [6.45, 7) is 3.66. The van der Waals surface area contributed by atoms with Crippen LogP contribution in [0.25, 0.3) is 0 Å². The van der Waals surface area contributed by atoms with E-state index in [1.807, 2.05) is 18.2 Å². The van der Waals surface area contributed by atoms with Crippen molar-refractivity contribution in [3.63, 3.8) is 0 Å². The average molecular weight is 452 g/mol. The van der Waals surface area contributed by atoms with Crippen molar-refractivity contribution in [2.75, 3.05) is 32.8 Å². The molecule has 0 bridgehead atoms. The number of nitrogens with zero attached hydrogens (tertiary/aromatic N) is 2. The van der Waals surface area contributed by atoms with Gasteiger partial charge in [-0.15, -0.1) is 0 Å². The molecule has 27 heavy (non-hydrogen) atoms. The van der Waals surface area contributed by atoms with Crippen molar-refractivity contribution in [1.29, 1.82) is 0 Å². The Morgan fingerprint density at radius 1 is 1.15 bits per heavy atom. The van der Waals surface area contributed by atoms with E-state index >= 15 is 0 Å². The summed E-state index contributed by atoms with van der Waals surface area (Å²) in [6, 6.07) is 13.0. The summed E-state index contributed by atoms with van der Waals surface area (Å²) in [7, 11) is 0. The number of ether oxygens (including phenoxy) is 1. The zero-order valence-electron chi connectivity index (χ0n) is 14.7. The Kier molecular flexibility index (Phi) is 6.88. The molecular formula is C20H20BrClN2O3. The number of amides is 1. The lowest BCUT2D eigenvalue weighted by atomic mass is 10.2. The van der Waals surface area contributed by atoms with Gasteiger partial charge >= 0.3 is 0 Å². The number of carbonyl (C=O) groups excluding carboxylic acids is 2. The molecule has 1 fully saturated rings. The maximum atomic E-state index is 12.4. The molecule has 0 aliphatic carbocycles. The first kappa shape index (κ1) is 19.9. The Hall–Kier alpha value is -1.89. The molecule has 0 saturated carbocycles. The molecule has 3 rings (SSSR count). The zero-order valence-corrected chi connectivity index (χ0v) is 17.1. The Balaban J connectivity index is 1.48. The van der Waals surface area contributed by atoms with Crippen LogP contribution < -0.4 is 4.74 Å². The number of piperazine rings is 1. The van der Waals surface area contributed by atoms with Crippen molar-refractivity contribution in [2.45, 2.75) is 6.54 Å². The first-order chi connectivity index (χ1) is 13.0. The van der Waals surface area contributed by atoms with Gasteiger partial charge in [0, 0.05) is 42.2 Å². The Bertz CT molecular complexity index is 823. The van der Waals surface area contributed by atoms with Gasteiger partial charge < -0.3 is 9.64 Å². The summed E-state index contributed by atoms with van der Waals surface area (Å²) in [5.74, 6) is 0.346. The lowest BCUT2D eigenvalue weighted by Crippen LogP contribution is -2.49. The quantitative estimate of drug-likeness (QED) is 0.629. The monoisotopic (exact) mass is 450 g/mol. The van der Waals surface area contributed by atoms with Crippen LogP contribution in [0, 0.1) is 0 Å². The summed E-state index contributed by atoms with van der Waals surface area (Å²) in [6.07, 6.45) is 0.721. The van der Waals surface area contributed by atoms with E-state index in [2.05, 4.69) is 26.9 Å². The minimum atomic E-state index is -0.0727. The number of hydrogen-bond acceptors (Lipinski definition) is 4. The number of hydrogen-bond donors (Lipinski definition) is 0. The van der Waals surface area contributed by atoms with E-state index in [1.54, 1.807) is 23.1 Å². The first-order valence-electron chi connectivity index (χ1n) is 8.67. The van der Waals surface area contributed by atoms with Crippen molar-refractivity contribution in [3.05, 3.63) is 63.1 Å². The molecule has 7 heteroatoms. The van der Waals surface area contributed by atoms with Crippen LogP contribution >= 0.6 is 27.5 Å². The molecule has 0 atom stereocenters. The van der Waals surface area contributed by atoms with Crippen molar-refractivity contribution in [1.82, 2.24) is 9.80 Å². The van der Waals surface area contributed by atoms with Gasteiger partial charge in [-0.2, -0.15) is 0 Å². The maximum Gasteiger partial charge on any atom is 0.260 e. The number of benzene rings is 2. The molecule has 1 aliphatic rings. The van der Waals surface area contributed by atoms with Gasteiger partial charge in [-0.3, -0.25) is 14.5 Å². The normalized spacial score (nSPS) is 14.8. The third kappa shape index (κ3) is 5.54. The molecule has 1 aliphatic heterocycles. The lowest BCUT2D eigenvalue weighted by Gasteiger charge is -2.34. The van der Waals surface area contributed by atoms with Crippen molar-refractivity contribution in [2.24, 2.45) is 0 Å². The van der Waals surface area contributed by atoms with Crippen LogP contribution in [-0.2, 0) is 11.3 Å². The summed E-state index contributed by atoms with van der Waals surface area (Å²) in [4.78, 5) is 27.6. The number of carbonyl (C=O) groups is 2. The van der Waals surface area contributed by atoms with E-state index in [4.69, 9.17) is 16.3 Å². The van der Waals surface area contributed by atoms with E-state index in [0.29, 0.717) is 24.4 Å². The van der Waals surface area contributed by atoms with Gasteiger partial charge in [-0.1, -0.05) is 39.7 Å². The van der Waals surface area contributed by atoms with Gasteiger partial charge in [0.15, 0.2) is 12.9 Å². The first-order valence-corrected chi connectivity index (χ1v) is 9.84. The SMILES string of the molecule is O=Cc1cc(Br)ccc1OCC(=O)N1CCN(Cc2cccc(Cl)c2)CC1. The van der Waals surface area contributed by atoms with Crippen molar-refractivity contribution in [3.8, 4) is 5.75 Å². The third-order valence-electron chi connectivity index (χ3n) is 4.47.